The first-order chi connectivity index (χ1) is 12.5. The number of likely N-dealkylation sites (tertiary alicyclic amines) is 2. The van der Waals surface area contributed by atoms with E-state index >= 15 is 0 Å². The first kappa shape index (κ1) is 16.8. The molecule has 2 fully saturated rings. The lowest BCUT2D eigenvalue weighted by Gasteiger charge is -2.27. The number of amides is 3. The van der Waals surface area contributed by atoms with E-state index in [1.165, 1.54) is 0 Å². The fraction of sp³-hybridized carbons (Fsp3) is 0.556. The molecular formula is C18H24N6O2. The third-order valence-electron chi connectivity index (χ3n) is 5.49. The summed E-state index contributed by atoms with van der Waals surface area (Å²) in [7, 11) is 3.55. The van der Waals surface area contributed by atoms with E-state index in [-0.39, 0.29) is 18.0 Å². The largest absolute Gasteiger partial charge is 0.340 e. The third kappa shape index (κ3) is 2.89. The first-order valence-corrected chi connectivity index (χ1v) is 9.08. The second kappa shape index (κ2) is 6.59. The Bertz CT molecular complexity index is 832. The lowest BCUT2D eigenvalue weighted by Crippen LogP contribution is -2.45. The fourth-order valence-corrected chi connectivity index (χ4v) is 4.10. The van der Waals surface area contributed by atoms with Crippen molar-refractivity contribution in [1.29, 1.82) is 0 Å². The molecule has 0 bridgehead atoms. The molecule has 0 saturated carbocycles. The minimum Gasteiger partial charge on any atom is -0.340 e. The molecule has 8 nitrogen and oxygen atoms in total. The molecule has 4 rings (SSSR count). The van der Waals surface area contributed by atoms with E-state index in [0.717, 1.165) is 30.5 Å². The molecule has 2 atom stereocenters. The van der Waals surface area contributed by atoms with E-state index in [0.29, 0.717) is 25.4 Å². The van der Waals surface area contributed by atoms with Crippen LogP contribution in [0.25, 0.3) is 11.0 Å². The van der Waals surface area contributed by atoms with Gasteiger partial charge in [0.2, 0.25) is 5.91 Å². The van der Waals surface area contributed by atoms with Gasteiger partial charge in [0.25, 0.3) is 0 Å². The zero-order valence-corrected chi connectivity index (χ0v) is 15.2. The Morgan fingerprint density at radius 2 is 2.04 bits per heavy atom. The van der Waals surface area contributed by atoms with E-state index in [2.05, 4.69) is 10.3 Å². The van der Waals surface area contributed by atoms with Gasteiger partial charge in [-0.15, -0.1) is 5.10 Å². The number of carbonyl (C=O) groups excluding carboxylic acids is 2. The van der Waals surface area contributed by atoms with E-state index < -0.39 is 0 Å². The summed E-state index contributed by atoms with van der Waals surface area (Å²) < 4.78 is 1.78. The normalized spacial score (nSPS) is 22.1. The molecule has 2 aromatic rings. The zero-order chi connectivity index (χ0) is 18.3. The Labute approximate surface area is 152 Å². The van der Waals surface area contributed by atoms with Crippen LogP contribution in [0.4, 0.5) is 4.79 Å². The first-order valence-electron chi connectivity index (χ1n) is 9.08. The molecule has 26 heavy (non-hydrogen) atoms. The number of rotatable bonds is 3. The monoisotopic (exact) mass is 356 g/mol. The Morgan fingerprint density at radius 1 is 1.23 bits per heavy atom. The molecule has 138 valence electrons. The quantitative estimate of drug-likeness (QED) is 0.823. The molecule has 3 heterocycles. The van der Waals surface area contributed by atoms with E-state index in [1.807, 2.05) is 34.1 Å². The number of fused-ring (bicyclic) bond motifs is 2. The predicted octanol–water partition coefficient (Wildman–Crippen LogP) is 1.04. The van der Waals surface area contributed by atoms with Gasteiger partial charge in [-0.05, 0) is 18.6 Å². The van der Waals surface area contributed by atoms with Crippen LogP contribution in [0.5, 0.6) is 0 Å². The average molecular weight is 356 g/mol. The molecule has 2 aliphatic rings. The summed E-state index contributed by atoms with van der Waals surface area (Å²) in [4.78, 5) is 30.4. The van der Waals surface area contributed by atoms with Gasteiger partial charge in [-0.25, -0.2) is 9.48 Å². The van der Waals surface area contributed by atoms with Gasteiger partial charge >= 0.3 is 6.03 Å². The summed E-state index contributed by atoms with van der Waals surface area (Å²) >= 11 is 0. The molecule has 0 N–H and O–H groups in total. The molecule has 1 aromatic heterocycles. The topological polar surface area (TPSA) is 74.6 Å². The molecule has 2 saturated heterocycles. The van der Waals surface area contributed by atoms with Crippen molar-refractivity contribution in [2.45, 2.75) is 25.4 Å². The van der Waals surface area contributed by atoms with Gasteiger partial charge in [0, 0.05) is 46.1 Å². The smallest absolute Gasteiger partial charge is 0.319 e. The molecule has 2 aliphatic heterocycles. The minimum absolute atomic E-state index is 0.0425. The molecule has 0 spiro atoms. The average Bonchev–Trinajstić information content (AvgIpc) is 3.32. The van der Waals surface area contributed by atoms with Crippen LogP contribution in [0, 0.1) is 5.92 Å². The fourth-order valence-electron chi connectivity index (χ4n) is 4.10. The van der Waals surface area contributed by atoms with Crippen LogP contribution >= 0.6 is 0 Å². The molecule has 0 radical (unpaired) electrons. The summed E-state index contributed by atoms with van der Waals surface area (Å²) in [6.07, 6.45) is 1.37. The highest BCUT2D eigenvalue weighted by molar-refractivity contribution is 5.78. The summed E-state index contributed by atoms with van der Waals surface area (Å²) in [6.45, 7) is 2.70. The van der Waals surface area contributed by atoms with Crippen LogP contribution in [0.2, 0.25) is 0 Å². The summed E-state index contributed by atoms with van der Waals surface area (Å²) in [5.41, 5.74) is 1.79. The third-order valence-corrected chi connectivity index (χ3v) is 5.49. The van der Waals surface area contributed by atoms with Crippen molar-refractivity contribution >= 4 is 23.0 Å². The van der Waals surface area contributed by atoms with Crippen LogP contribution in [-0.4, -0.2) is 81.4 Å². The Hall–Kier alpha value is -2.64. The molecule has 2 unspecified atom stereocenters. The van der Waals surface area contributed by atoms with Crippen molar-refractivity contribution in [3.8, 4) is 0 Å². The van der Waals surface area contributed by atoms with Gasteiger partial charge in [0.05, 0.1) is 18.1 Å². The number of aryl methyl sites for hydroxylation is 1. The maximum Gasteiger partial charge on any atom is 0.319 e. The number of para-hydroxylation sites is 1. The molecule has 1 aromatic carbocycles. The second-order valence-corrected chi connectivity index (χ2v) is 7.34. The highest BCUT2D eigenvalue weighted by atomic mass is 16.2. The molecule has 0 aliphatic carbocycles. The standard InChI is InChI=1S/C18H24N6O2/c1-21(2)18(26)23-9-7-13-11-22(12-16(13)23)17(25)8-10-24-15-6-4-3-5-14(15)19-20-24/h3-6,13,16H,7-12H2,1-2H3. The number of carbonyl (C=O) groups is 2. The van der Waals surface area contributed by atoms with Crippen molar-refractivity contribution in [2.24, 2.45) is 5.92 Å². The maximum absolute atomic E-state index is 12.7. The minimum atomic E-state index is 0.0425. The lowest BCUT2D eigenvalue weighted by molar-refractivity contribution is -0.130. The lowest BCUT2D eigenvalue weighted by atomic mass is 10.1. The number of hydrogen-bond acceptors (Lipinski definition) is 4. The van der Waals surface area contributed by atoms with E-state index in [4.69, 9.17) is 0 Å². The van der Waals surface area contributed by atoms with E-state index in [1.54, 1.807) is 23.7 Å². The molecule has 3 amide bonds. The van der Waals surface area contributed by atoms with Crippen LogP contribution in [0.1, 0.15) is 12.8 Å². The number of benzene rings is 1. The van der Waals surface area contributed by atoms with Gasteiger partial charge in [0.1, 0.15) is 5.52 Å². The Balaban J connectivity index is 1.37. The Kier molecular flexibility index (Phi) is 4.26. The van der Waals surface area contributed by atoms with Gasteiger partial charge in [0.15, 0.2) is 0 Å². The van der Waals surface area contributed by atoms with Gasteiger partial charge < -0.3 is 14.7 Å². The van der Waals surface area contributed by atoms with Crippen molar-refractivity contribution in [2.75, 3.05) is 33.7 Å². The van der Waals surface area contributed by atoms with Crippen molar-refractivity contribution < 1.29 is 9.59 Å². The summed E-state index contributed by atoms with van der Waals surface area (Å²) in [6, 6.07) is 7.95. The zero-order valence-electron chi connectivity index (χ0n) is 15.2. The predicted molar refractivity (Wildman–Crippen MR) is 96.4 cm³/mol. The second-order valence-electron chi connectivity index (χ2n) is 7.34. The van der Waals surface area contributed by atoms with Crippen LogP contribution in [0.3, 0.4) is 0 Å². The van der Waals surface area contributed by atoms with Crippen LogP contribution in [-0.2, 0) is 11.3 Å². The number of urea groups is 1. The van der Waals surface area contributed by atoms with Crippen LogP contribution < -0.4 is 0 Å². The molecular weight excluding hydrogens is 332 g/mol. The summed E-state index contributed by atoms with van der Waals surface area (Å²) in [5.74, 6) is 0.520. The Morgan fingerprint density at radius 3 is 2.85 bits per heavy atom. The molecule has 8 heteroatoms. The van der Waals surface area contributed by atoms with E-state index in [9.17, 15) is 9.59 Å². The highest BCUT2D eigenvalue weighted by Crippen LogP contribution is 2.32. The summed E-state index contributed by atoms with van der Waals surface area (Å²) in [5, 5.41) is 8.27. The SMILES string of the molecule is CN(C)C(=O)N1CCC2CN(C(=O)CCn3nnc4ccccc43)CC21. The van der Waals surface area contributed by atoms with Gasteiger partial charge in [-0.2, -0.15) is 0 Å². The van der Waals surface area contributed by atoms with Gasteiger partial charge in [-0.3, -0.25) is 4.79 Å². The number of aromatic nitrogens is 3. The highest BCUT2D eigenvalue weighted by Gasteiger charge is 2.44. The number of nitrogens with zero attached hydrogens (tertiary/aromatic N) is 6. The van der Waals surface area contributed by atoms with Crippen molar-refractivity contribution in [3.05, 3.63) is 24.3 Å². The number of hydrogen-bond donors (Lipinski definition) is 0. The van der Waals surface area contributed by atoms with Gasteiger partial charge in [-0.1, -0.05) is 17.3 Å². The maximum atomic E-state index is 12.7. The van der Waals surface area contributed by atoms with Crippen molar-refractivity contribution in [3.63, 3.8) is 0 Å². The van der Waals surface area contributed by atoms with Crippen molar-refractivity contribution in [1.82, 2.24) is 29.7 Å². The van der Waals surface area contributed by atoms with Crippen LogP contribution in [0.15, 0.2) is 24.3 Å².